The molecule has 0 fully saturated rings. The number of carbonyl (C=O) groups is 1. The molecule has 0 saturated carbocycles. The van der Waals surface area contributed by atoms with E-state index in [2.05, 4.69) is 6.07 Å². The maximum absolute atomic E-state index is 12.9. The van der Waals surface area contributed by atoms with Crippen molar-refractivity contribution in [2.75, 3.05) is 0 Å². The highest BCUT2D eigenvalue weighted by Gasteiger charge is 2.28. The van der Waals surface area contributed by atoms with Crippen LogP contribution in [0.5, 0.6) is 11.5 Å². The number of nitriles is 1. The first-order valence-corrected chi connectivity index (χ1v) is 10.0. The van der Waals surface area contributed by atoms with Crippen molar-refractivity contribution >= 4 is 17.6 Å². The molecule has 2 atom stereocenters. The number of rotatable bonds is 7. The van der Waals surface area contributed by atoms with Crippen LogP contribution in [0.25, 0.3) is 0 Å². The van der Waals surface area contributed by atoms with Gasteiger partial charge in [-0.25, -0.2) is 0 Å². The van der Waals surface area contributed by atoms with Gasteiger partial charge in [0.1, 0.15) is 17.6 Å². The van der Waals surface area contributed by atoms with Crippen LogP contribution < -0.4 is 4.74 Å². The molecular weight excluding hydrogens is 398 g/mol. The molecule has 0 aliphatic heterocycles. The van der Waals surface area contributed by atoms with E-state index in [1.807, 2.05) is 56.3 Å². The standard InChI is InChI=1S/C25H22ClNO3/c1-17(2)24(19-8-12-20(26)13-9-19)25(28)30-23(16-27)18-10-14-22(15-11-18)29-21-6-4-3-5-7-21/h3-15,17,23-24H,1-2H3/t23-,24-/m1/s1. The Morgan fingerprint density at radius 2 is 1.43 bits per heavy atom. The monoisotopic (exact) mass is 419 g/mol. The molecule has 152 valence electrons. The van der Waals surface area contributed by atoms with Crippen LogP contribution in [0.2, 0.25) is 5.02 Å². The molecule has 3 aromatic carbocycles. The number of ether oxygens (including phenoxy) is 2. The highest BCUT2D eigenvalue weighted by molar-refractivity contribution is 6.30. The number of benzene rings is 3. The van der Waals surface area contributed by atoms with Crippen LogP contribution in [0.3, 0.4) is 0 Å². The normalized spacial score (nSPS) is 12.6. The van der Waals surface area contributed by atoms with Crippen molar-refractivity contribution in [1.29, 1.82) is 5.26 Å². The predicted octanol–water partition coefficient (Wildman–Crippen LogP) is 6.68. The van der Waals surface area contributed by atoms with E-state index in [0.717, 1.165) is 11.3 Å². The second-order valence-electron chi connectivity index (χ2n) is 7.20. The van der Waals surface area contributed by atoms with Gasteiger partial charge in [-0.1, -0.05) is 67.9 Å². The summed E-state index contributed by atoms with van der Waals surface area (Å²) >= 11 is 5.96. The van der Waals surface area contributed by atoms with E-state index in [1.165, 1.54) is 0 Å². The van der Waals surface area contributed by atoms with Gasteiger partial charge in [0.25, 0.3) is 0 Å². The average Bonchev–Trinajstić information content (AvgIpc) is 2.75. The molecule has 0 spiro atoms. The van der Waals surface area contributed by atoms with Crippen LogP contribution in [0.1, 0.15) is 37.0 Å². The molecule has 0 heterocycles. The highest BCUT2D eigenvalue weighted by Crippen LogP contribution is 2.30. The van der Waals surface area contributed by atoms with Gasteiger partial charge in [-0.3, -0.25) is 4.79 Å². The Morgan fingerprint density at radius 1 is 0.867 bits per heavy atom. The van der Waals surface area contributed by atoms with Crippen molar-refractivity contribution in [1.82, 2.24) is 0 Å². The highest BCUT2D eigenvalue weighted by atomic mass is 35.5. The predicted molar refractivity (Wildman–Crippen MR) is 116 cm³/mol. The summed E-state index contributed by atoms with van der Waals surface area (Å²) in [5.74, 6) is 0.424. The second-order valence-corrected chi connectivity index (χ2v) is 7.64. The number of hydrogen-bond acceptors (Lipinski definition) is 4. The summed E-state index contributed by atoms with van der Waals surface area (Å²) in [5, 5.41) is 10.2. The Bertz CT molecular complexity index is 1010. The topological polar surface area (TPSA) is 59.3 Å². The van der Waals surface area contributed by atoms with Crippen molar-refractivity contribution in [2.24, 2.45) is 5.92 Å². The summed E-state index contributed by atoms with van der Waals surface area (Å²) in [4.78, 5) is 12.9. The lowest BCUT2D eigenvalue weighted by molar-refractivity contribution is -0.150. The lowest BCUT2D eigenvalue weighted by Gasteiger charge is -2.22. The van der Waals surface area contributed by atoms with Gasteiger partial charge in [0.2, 0.25) is 6.10 Å². The summed E-state index contributed by atoms with van der Waals surface area (Å²) in [6.07, 6.45) is -1.00. The molecule has 30 heavy (non-hydrogen) atoms. The Kier molecular flexibility index (Phi) is 7.11. The van der Waals surface area contributed by atoms with Gasteiger partial charge in [0.05, 0.1) is 5.92 Å². The van der Waals surface area contributed by atoms with Crippen molar-refractivity contribution in [3.63, 3.8) is 0 Å². The molecule has 0 aromatic heterocycles. The summed E-state index contributed by atoms with van der Waals surface area (Å²) in [6, 6.07) is 25.5. The van der Waals surface area contributed by atoms with E-state index < -0.39 is 18.0 Å². The fourth-order valence-electron chi connectivity index (χ4n) is 3.16. The van der Waals surface area contributed by atoms with Gasteiger partial charge in [-0.05, 0) is 47.9 Å². The molecule has 0 unspecified atom stereocenters. The van der Waals surface area contributed by atoms with E-state index in [-0.39, 0.29) is 5.92 Å². The van der Waals surface area contributed by atoms with Gasteiger partial charge in [0.15, 0.2) is 0 Å². The van der Waals surface area contributed by atoms with Crippen molar-refractivity contribution in [3.8, 4) is 17.6 Å². The van der Waals surface area contributed by atoms with Crippen molar-refractivity contribution < 1.29 is 14.3 Å². The van der Waals surface area contributed by atoms with Crippen LogP contribution in [0.4, 0.5) is 0 Å². The molecule has 3 rings (SSSR count). The van der Waals surface area contributed by atoms with Gasteiger partial charge in [-0.15, -0.1) is 0 Å². The summed E-state index contributed by atoms with van der Waals surface area (Å²) < 4.78 is 11.3. The molecular formula is C25H22ClNO3. The Balaban J connectivity index is 1.72. The van der Waals surface area contributed by atoms with Crippen molar-refractivity contribution in [2.45, 2.75) is 25.9 Å². The zero-order chi connectivity index (χ0) is 21.5. The maximum Gasteiger partial charge on any atom is 0.315 e. The number of nitrogens with zero attached hydrogens (tertiary/aromatic N) is 1. The third kappa shape index (κ3) is 5.40. The molecule has 0 radical (unpaired) electrons. The molecule has 0 N–H and O–H groups in total. The summed E-state index contributed by atoms with van der Waals surface area (Å²) in [7, 11) is 0. The Labute approximate surface area is 181 Å². The number of esters is 1. The fourth-order valence-corrected chi connectivity index (χ4v) is 3.28. The third-order valence-corrected chi connectivity index (χ3v) is 4.91. The van der Waals surface area contributed by atoms with E-state index in [1.54, 1.807) is 36.4 Å². The minimum absolute atomic E-state index is 0.000309. The van der Waals surface area contributed by atoms with Crippen LogP contribution in [-0.4, -0.2) is 5.97 Å². The van der Waals surface area contributed by atoms with E-state index in [4.69, 9.17) is 21.1 Å². The average molecular weight is 420 g/mol. The van der Waals surface area contributed by atoms with E-state index >= 15 is 0 Å². The summed E-state index contributed by atoms with van der Waals surface area (Å²) in [5.41, 5.74) is 1.40. The number of para-hydroxylation sites is 1. The minimum atomic E-state index is -1.00. The van der Waals surface area contributed by atoms with Crippen LogP contribution in [0.15, 0.2) is 78.9 Å². The van der Waals surface area contributed by atoms with Gasteiger partial charge in [0, 0.05) is 10.6 Å². The quantitative estimate of drug-likeness (QED) is 0.401. The van der Waals surface area contributed by atoms with Gasteiger partial charge >= 0.3 is 5.97 Å². The smallest absolute Gasteiger partial charge is 0.315 e. The van der Waals surface area contributed by atoms with Gasteiger partial charge in [-0.2, -0.15) is 5.26 Å². The first-order chi connectivity index (χ1) is 14.5. The third-order valence-electron chi connectivity index (χ3n) is 4.66. The Morgan fingerprint density at radius 3 is 2.00 bits per heavy atom. The zero-order valence-corrected chi connectivity index (χ0v) is 17.5. The number of halogens is 1. The molecule has 0 bridgehead atoms. The Hall–Kier alpha value is -3.29. The molecule has 0 aliphatic rings. The zero-order valence-electron chi connectivity index (χ0n) is 16.8. The first-order valence-electron chi connectivity index (χ1n) is 9.66. The van der Waals surface area contributed by atoms with E-state index in [0.29, 0.717) is 16.3 Å². The largest absolute Gasteiger partial charge is 0.457 e. The van der Waals surface area contributed by atoms with Crippen molar-refractivity contribution in [3.05, 3.63) is 95.0 Å². The lowest BCUT2D eigenvalue weighted by Crippen LogP contribution is -2.22. The number of hydrogen-bond donors (Lipinski definition) is 0. The molecule has 0 aliphatic carbocycles. The molecule has 5 heteroatoms. The summed E-state index contributed by atoms with van der Waals surface area (Å²) in [6.45, 7) is 3.88. The first kappa shape index (κ1) is 21.4. The van der Waals surface area contributed by atoms with Crippen LogP contribution in [-0.2, 0) is 9.53 Å². The molecule has 3 aromatic rings. The molecule has 0 amide bonds. The van der Waals surface area contributed by atoms with Gasteiger partial charge < -0.3 is 9.47 Å². The second kappa shape index (κ2) is 9.96. The number of carbonyl (C=O) groups excluding carboxylic acids is 1. The minimum Gasteiger partial charge on any atom is -0.457 e. The van der Waals surface area contributed by atoms with Crippen LogP contribution >= 0.6 is 11.6 Å². The van der Waals surface area contributed by atoms with E-state index in [9.17, 15) is 10.1 Å². The molecule has 4 nitrogen and oxygen atoms in total. The molecule has 0 saturated heterocycles. The fraction of sp³-hybridized carbons (Fsp3) is 0.200. The SMILES string of the molecule is CC(C)[C@@H](C(=O)O[C@H](C#N)c1ccc(Oc2ccccc2)cc1)c1ccc(Cl)cc1. The maximum atomic E-state index is 12.9. The lowest BCUT2D eigenvalue weighted by atomic mass is 9.88. The van der Waals surface area contributed by atoms with Crippen LogP contribution in [0, 0.1) is 17.2 Å².